The average molecular weight is 141 g/mol. The van der Waals surface area contributed by atoms with Crippen LogP contribution in [-0.2, 0) is 0 Å². The van der Waals surface area contributed by atoms with Crippen molar-refractivity contribution in [2.24, 2.45) is 11.7 Å². The number of nitrogens with two attached hydrogens (primary N) is 1. The number of hydrogen-bond donors (Lipinski definition) is 1. The van der Waals surface area contributed by atoms with E-state index in [1.165, 1.54) is 38.5 Å². The Balaban J connectivity index is 2.18. The Bertz CT molecular complexity index is 88.7. The molecule has 2 atom stereocenters. The molecule has 60 valence electrons. The topological polar surface area (TPSA) is 26.0 Å². The molecule has 2 N–H and O–H groups in total. The van der Waals surface area contributed by atoms with Crippen LogP contribution in [0, 0.1) is 5.92 Å². The highest BCUT2D eigenvalue weighted by Gasteiger charge is 2.17. The fourth-order valence-corrected chi connectivity index (χ4v) is 2.00. The van der Waals surface area contributed by atoms with Gasteiger partial charge in [0.1, 0.15) is 0 Å². The Morgan fingerprint density at radius 1 is 1.40 bits per heavy atom. The van der Waals surface area contributed by atoms with E-state index >= 15 is 0 Å². The Morgan fingerprint density at radius 2 is 2.20 bits per heavy atom. The molecule has 1 nitrogen and oxygen atoms in total. The van der Waals surface area contributed by atoms with Crippen molar-refractivity contribution in [2.75, 3.05) is 0 Å². The van der Waals surface area contributed by atoms with E-state index in [1.54, 1.807) is 0 Å². The van der Waals surface area contributed by atoms with Crippen LogP contribution in [-0.4, -0.2) is 6.04 Å². The molecule has 0 aromatic carbocycles. The van der Waals surface area contributed by atoms with Gasteiger partial charge in [-0.25, -0.2) is 0 Å². The first kappa shape index (κ1) is 8.06. The van der Waals surface area contributed by atoms with E-state index in [2.05, 4.69) is 6.92 Å². The highest BCUT2D eigenvalue weighted by atomic mass is 14.6. The molecular formula is C9H19N. The summed E-state index contributed by atoms with van der Waals surface area (Å²) in [5.74, 6) is 0.953. The molecule has 0 aromatic heterocycles. The quantitative estimate of drug-likeness (QED) is 0.627. The van der Waals surface area contributed by atoms with Crippen molar-refractivity contribution in [2.45, 2.75) is 51.5 Å². The summed E-state index contributed by atoms with van der Waals surface area (Å²) in [4.78, 5) is 0. The summed E-state index contributed by atoms with van der Waals surface area (Å²) in [6.07, 6.45) is 8.08. The van der Waals surface area contributed by atoms with Crippen LogP contribution >= 0.6 is 0 Å². The molecule has 1 unspecified atom stereocenters. The van der Waals surface area contributed by atoms with Gasteiger partial charge in [0.15, 0.2) is 0 Å². The standard InChI is InChI=1S/C9H19N/c1-2-4-8-5-3-6-9(10)7-8/h8-9H,2-7,10H2,1H3/t8?,9-/m0/s1. The van der Waals surface area contributed by atoms with Crippen LogP contribution in [0.5, 0.6) is 0 Å². The van der Waals surface area contributed by atoms with Gasteiger partial charge in [0.05, 0.1) is 0 Å². The lowest BCUT2D eigenvalue weighted by atomic mass is 9.84. The predicted octanol–water partition coefficient (Wildman–Crippen LogP) is 2.30. The molecule has 0 radical (unpaired) electrons. The van der Waals surface area contributed by atoms with E-state index in [4.69, 9.17) is 5.73 Å². The monoisotopic (exact) mass is 141 g/mol. The molecule has 0 saturated heterocycles. The Labute approximate surface area is 64.0 Å². The van der Waals surface area contributed by atoms with Gasteiger partial charge in [-0.2, -0.15) is 0 Å². The molecule has 0 heterocycles. The molecule has 1 heteroatoms. The molecule has 1 aliphatic rings. The van der Waals surface area contributed by atoms with Gasteiger partial charge in [-0.15, -0.1) is 0 Å². The Hall–Kier alpha value is -0.0400. The summed E-state index contributed by atoms with van der Waals surface area (Å²) in [5.41, 5.74) is 5.86. The van der Waals surface area contributed by atoms with Crippen molar-refractivity contribution in [1.29, 1.82) is 0 Å². The normalized spacial score (nSPS) is 34.2. The second-order valence-corrected chi connectivity index (χ2v) is 3.58. The zero-order valence-electron chi connectivity index (χ0n) is 6.97. The molecule has 1 rings (SSSR count). The molecule has 0 spiro atoms. The van der Waals surface area contributed by atoms with Crippen molar-refractivity contribution in [3.05, 3.63) is 0 Å². The third kappa shape index (κ3) is 2.30. The molecule has 1 saturated carbocycles. The molecule has 0 amide bonds. The lowest BCUT2D eigenvalue weighted by Gasteiger charge is -2.25. The van der Waals surface area contributed by atoms with Gasteiger partial charge in [-0.1, -0.05) is 32.6 Å². The lowest BCUT2D eigenvalue weighted by molar-refractivity contribution is 0.305. The van der Waals surface area contributed by atoms with Crippen LogP contribution in [0.15, 0.2) is 0 Å². The SMILES string of the molecule is CCCC1CCC[C@H](N)C1. The highest BCUT2D eigenvalue weighted by Crippen LogP contribution is 2.26. The molecule has 1 fully saturated rings. The van der Waals surface area contributed by atoms with Gasteiger partial charge >= 0.3 is 0 Å². The van der Waals surface area contributed by atoms with Crippen LogP contribution in [0.2, 0.25) is 0 Å². The minimum Gasteiger partial charge on any atom is -0.328 e. The summed E-state index contributed by atoms with van der Waals surface area (Å²) < 4.78 is 0. The smallest absolute Gasteiger partial charge is 0.00414 e. The molecule has 10 heavy (non-hydrogen) atoms. The zero-order chi connectivity index (χ0) is 7.40. The van der Waals surface area contributed by atoms with Crippen molar-refractivity contribution >= 4 is 0 Å². The van der Waals surface area contributed by atoms with E-state index in [9.17, 15) is 0 Å². The van der Waals surface area contributed by atoms with Crippen LogP contribution in [0.1, 0.15) is 45.4 Å². The first-order chi connectivity index (χ1) is 4.83. The van der Waals surface area contributed by atoms with E-state index < -0.39 is 0 Å². The zero-order valence-corrected chi connectivity index (χ0v) is 6.97. The Morgan fingerprint density at radius 3 is 2.80 bits per heavy atom. The van der Waals surface area contributed by atoms with Gasteiger partial charge < -0.3 is 5.73 Å². The summed E-state index contributed by atoms with van der Waals surface area (Å²) in [5, 5.41) is 0. The fourth-order valence-electron chi connectivity index (χ4n) is 2.00. The van der Waals surface area contributed by atoms with Crippen LogP contribution in [0.3, 0.4) is 0 Å². The summed E-state index contributed by atoms with van der Waals surface area (Å²) in [6.45, 7) is 2.26. The molecule has 0 aromatic rings. The predicted molar refractivity (Wildman–Crippen MR) is 44.8 cm³/mol. The second kappa shape index (κ2) is 3.97. The third-order valence-corrected chi connectivity index (χ3v) is 2.52. The molecule has 1 aliphatic carbocycles. The molecule has 0 aliphatic heterocycles. The first-order valence-corrected chi connectivity index (χ1v) is 4.58. The van der Waals surface area contributed by atoms with Gasteiger partial charge in [-0.3, -0.25) is 0 Å². The van der Waals surface area contributed by atoms with Crippen LogP contribution in [0.25, 0.3) is 0 Å². The lowest BCUT2D eigenvalue weighted by Crippen LogP contribution is -2.27. The highest BCUT2D eigenvalue weighted by molar-refractivity contribution is 4.74. The van der Waals surface area contributed by atoms with Crippen molar-refractivity contribution < 1.29 is 0 Å². The van der Waals surface area contributed by atoms with Gasteiger partial charge in [-0.05, 0) is 18.8 Å². The maximum atomic E-state index is 5.86. The fraction of sp³-hybridized carbons (Fsp3) is 1.00. The van der Waals surface area contributed by atoms with E-state index in [0.29, 0.717) is 6.04 Å². The summed E-state index contributed by atoms with van der Waals surface area (Å²) >= 11 is 0. The van der Waals surface area contributed by atoms with E-state index in [0.717, 1.165) is 5.92 Å². The van der Waals surface area contributed by atoms with Crippen molar-refractivity contribution in [1.82, 2.24) is 0 Å². The average Bonchev–Trinajstić information content (AvgIpc) is 1.88. The molecule has 0 bridgehead atoms. The minimum absolute atomic E-state index is 0.519. The van der Waals surface area contributed by atoms with Gasteiger partial charge in [0.2, 0.25) is 0 Å². The second-order valence-electron chi connectivity index (χ2n) is 3.58. The van der Waals surface area contributed by atoms with Crippen molar-refractivity contribution in [3.63, 3.8) is 0 Å². The van der Waals surface area contributed by atoms with Gasteiger partial charge in [0.25, 0.3) is 0 Å². The molecular weight excluding hydrogens is 122 g/mol. The summed E-state index contributed by atoms with van der Waals surface area (Å²) in [7, 11) is 0. The maximum absolute atomic E-state index is 5.86. The van der Waals surface area contributed by atoms with Gasteiger partial charge in [0, 0.05) is 6.04 Å². The third-order valence-electron chi connectivity index (χ3n) is 2.52. The summed E-state index contributed by atoms with van der Waals surface area (Å²) in [6, 6.07) is 0.519. The van der Waals surface area contributed by atoms with E-state index in [1.807, 2.05) is 0 Å². The maximum Gasteiger partial charge on any atom is 0.00414 e. The van der Waals surface area contributed by atoms with E-state index in [-0.39, 0.29) is 0 Å². The van der Waals surface area contributed by atoms with Crippen molar-refractivity contribution in [3.8, 4) is 0 Å². The minimum atomic E-state index is 0.519. The Kier molecular flexibility index (Phi) is 3.20. The first-order valence-electron chi connectivity index (χ1n) is 4.58. The van der Waals surface area contributed by atoms with Crippen LogP contribution in [0.4, 0.5) is 0 Å². The number of rotatable bonds is 2. The van der Waals surface area contributed by atoms with Crippen LogP contribution < -0.4 is 5.73 Å². The largest absolute Gasteiger partial charge is 0.328 e. The number of hydrogen-bond acceptors (Lipinski definition) is 1.